The molecule has 0 saturated carbocycles. The minimum atomic E-state index is -0.659. The number of anilines is 1. The molecule has 1 saturated heterocycles. The van der Waals surface area contributed by atoms with Gasteiger partial charge in [-0.15, -0.1) is 0 Å². The largest absolute Gasteiger partial charge is 0.366 e. The van der Waals surface area contributed by atoms with E-state index in [2.05, 4.69) is 10.6 Å². The Bertz CT molecular complexity index is 539. The Labute approximate surface area is 116 Å². The Hall–Kier alpha value is -1.95. The number of carbonyl (C=O) groups is 2. The fraction of sp³-hybridized carbons (Fsp3) is 0.429. The first kappa shape index (κ1) is 14.5. The predicted molar refractivity (Wildman–Crippen MR) is 73.8 cm³/mol. The van der Waals surface area contributed by atoms with Crippen molar-refractivity contribution >= 4 is 17.5 Å². The summed E-state index contributed by atoms with van der Waals surface area (Å²) in [6.45, 7) is 3.38. The average Bonchev–Trinajstić information content (AvgIpc) is 2.41. The summed E-state index contributed by atoms with van der Waals surface area (Å²) in [6.07, 6.45) is 1.38. The highest BCUT2D eigenvalue weighted by Gasteiger charge is 2.34. The Morgan fingerprint density at radius 2 is 2.00 bits per heavy atom. The smallest absolute Gasteiger partial charge is 0.248 e. The molecule has 1 heterocycles. The summed E-state index contributed by atoms with van der Waals surface area (Å²) in [4.78, 5) is 23.4. The summed E-state index contributed by atoms with van der Waals surface area (Å²) in [6, 6.07) is 3.68. The molecule has 1 aromatic carbocycles. The van der Waals surface area contributed by atoms with E-state index in [1.807, 2.05) is 6.92 Å². The van der Waals surface area contributed by atoms with Gasteiger partial charge >= 0.3 is 0 Å². The fourth-order valence-corrected chi connectivity index (χ4v) is 2.25. The van der Waals surface area contributed by atoms with E-state index in [0.29, 0.717) is 12.8 Å². The molecule has 0 bridgehead atoms. The van der Waals surface area contributed by atoms with Crippen molar-refractivity contribution in [2.75, 3.05) is 18.4 Å². The topological polar surface area (TPSA) is 84.2 Å². The van der Waals surface area contributed by atoms with Crippen molar-refractivity contribution in [1.82, 2.24) is 5.32 Å². The van der Waals surface area contributed by atoms with Crippen LogP contribution in [0.3, 0.4) is 0 Å². The normalized spacial score (nSPS) is 17.5. The highest BCUT2D eigenvalue weighted by molar-refractivity contribution is 5.98. The van der Waals surface area contributed by atoms with Crippen LogP contribution >= 0.6 is 0 Å². The number of nitrogens with two attached hydrogens (primary N) is 1. The van der Waals surface area contributed by atoms with Crippen molar-refractivity contribution in [2.45, 2.75) is 19.8 Å². The molecule has 6 heteroatoms. The second-order valence-electron chi connectivity index (χ2n) is 5.32. The number of amides is 2. The lowest BCUT2D eigenvalue weighted by Gasteiger charge is -2.32. The molecular weight excluding hydrogens is 261 g/mol. The lowest BCUT2D eigenvalue weighted by Crippen LogP contribution is -2.43. The summed E-state index contributed by atoms with van der Waals surface area (Å²) < 4.78 is 13.7. The van der Waals surface area contributed by atoms with Crippen molar-refractivity contribution in [1.29, 1.82) is 0 Å². The van der Waals surface area contributed by atoms with Crippen molar-refractivity contribution in [3.63, 3.8) is 0 Å². The SMILES string of the molecule is CC1(C(=O)Nc2cc(C(N)=O)ccc2F)CCNCC1. The predicted octanol–water partition coefficient (Wildman–Crippen LogP) is 1.25. The third-order valence-corrected chi connectivity index (χ3v) is 3.75. The maximum atomic E-state index is 13.7. The van der Waals surface area contributed by atoms with Gasteiger partial charge in [0, 0.05) is 11.0 Å². The highest BCUT2D eigenvalue weighted by Crippen LogP contribution is 2.30. The number of primary amides is 1. The minimum absolute atomic E-state index is 0.00828. The van der Waals surface area contributed by atoms with Crippen LogP contribution in [0.4, 0.5) is 10.1 Å². The Morgan fingerprint density at radius 3 is 2.60 bits per heavy atom. The maximum absolute atomic E-state index is 13.7. The third-order valence-electron chi connectivity index (χ3n) is 3.75. The molecule has 1 aliphatic heterocycles. The molecule has 0 atom stereocenters. The first-order valence-corrected chi connectivity index (χ1v) is 6.54. The van der Waals surface area contributed by atoms with Crippen LogP contribution in [-0.4, -0.2) is 24.9 Å². The van der Waals surface area contributed by atoms with E-state index in [0.717, 1.165) is 19.2 Å². The van der Waals surface area contributed by atoms with Crippen LogP contribution in [0.1, 0.15) is 30.1 Å². The summed E-state index contributed by atoms with van der Waals surface area (Å²) in [5, 5.41) is 5.75. The quantitative estimate of drug-likeness (QED) is 0.778. The number of carbonyl (C=O) groups excluding carboxylic acids is 2. The van der Waals surface area contributed by atoms with E-state index >= 15 is 0 Å². The number of benzene rings is 1. The van der Waals surface area contributed by atoms with Gasteiger partial charge in [-0.2, -0.15) is 0 Å². The molecule has 4 N–H and O–H groups in total. The van der Waals surface area contributed by atoms with Crippen LogP contribution < -0.4 is 16.4 Å². The van der Waals surface area contributed by atoms with Crippen LogP contribution in [0.25, 0.3) is 0 Å². The number of nitrogens with one attached hydrogen (secondary N) is 2. The molecule has 0 aliphatic carbocycles. The second kappa shape index (κ2) is 5.58. The number of piperidine rings is 1. The van der Waals surface area contributed by atoms with Crippen LogP contribution in [-0.2, 0) is 4.79 Å². The van der Waals surface area contributed by atoms with E-state index in [9.17, 15) is 14.0 Å². The van der Waals surface area contributed by atoms with Crippen molar-refractivity contribution in [3.05, 3.63) is 29.6 Å². The van der Waals surface area contributed by atoms with Crippen LogP contribution in [0.5, 0.6) is 0 Å². The molecule has 20 heavy (non-hydrogen) atoms. The van der Waals surface area contributed by atoms with Gasteiger partial charge in [0.25, 0.3) is 0 Å². The van der Waals surface area contributed by atoms with Gasteiger partial charge in [0.15, 0.2) is 0 Å². The molecule has 2 amide bonds. The molecule has 1 aliphatic rings. The maximum Gasteiger partial charge on any atom is 0.248 e. The van der Waals surface area contributed by atoms with E-state index in [1.54, 1.807) is 0 Å². The van der Waals surface area contributed by atoms with Crippen molar-refractivity contribution in [3.8, 4) is 0 Å². The zero-order chi connectivity index (χ0) is 14.8. The molecule has 2 rings (SSSR count). The van der Waals surface area contributed by atoms with Gasteiger partial charge in [-0.05, 0) is 44.1 Å². The number of rotatable bonds is 3. The van der Waals surface area contributed by atoms with Gasteiger partial charge in [-0.3, -0.25) is 9.59 Å². The van der Waals surface area contributed by atoms with Crippen LogP contribution in [0, 0.1) is 11.2 Å². The van der Waals surface area contributed by atoms with E-state index in [1.165, 1.54) is 12.1 Å². The second-order valence-corrected chi connectivity index (χ2v) is 5.32. The van der Waals surface area contributed by atoms with Gasteiger partial charge in [0.05, 0.1) is 5.69 Å². The van der Waals surface area contributed by atoms with Crippen molar-refractivity contribution < 1.29 is 14.0 Å². The van der Waals surface area contributed by atoms with E-state index in [-0.39, 0.29) is 17.2 Å². The summed E-state index contributed by atoms with van der Waals surface area (Å²) in [5.41, 5.74) is 4.78. The Morgan fingerprint density at radius 1 is 1.35 bits per heavy atom. The third kappa shape index (κ3) is 2.96. The van der Waals surface area contributed by atoms with Crippen LogP contribution in [0.2, 0.25) is 0 Å². The van der Waals surface area contributed by atoms with Gasteiger partial charge < -0.3 is 16.4 Å². The minimum Gasteiger partial charge on any atom is -0.366 e. The average molecular weight is 279 g/mol. The lowest BCUT2D eigenvalue weighted by molar-refractivity contribution is -0.126. The molecule has 5 nitrogen and oxygen atoms in total. The molecule has 1 fully saturated rings. The van der Waals surface area contributed by atoms with Gasteiger partial charge in [0.2, 0.25) is 11.8 Å². The van der Waals surface area contributed by atoms with Gasteiger partial charge in [0.1, 0.15) is 5.82 Å². The number of hydrogen-bond donors (Lipinski definition) is 3. The zero-order valence-electron chi connectivity index (χ0n) is 11.3. The molecule has 0 radical (unpaired) electrons. The van der Waals surface area contributed by atoms with Gasteiger partial charge in [-0.25, -0.2) is 4.39 Å². The van der Waals surface area contributed by atoms with E-state index < -0.39 is 17.1 Å². The molecule has 0 unspecified atom stereocenters. The molecule has 1 aromatic rings. The Balaban J connectivity index is 2.18. The highest BCUT2D eigenvalue weighted by atomic mass is 19.1. The number of hydrogen-bond acceptors (Lipinski definition) is 3. The Kier molecular flexibility index (Phi) is 4.04. The monoisotopic (exact) mass is 279 g/mol. The first-order valence-electron chi connectivity index (χ1n) is 6.54. The fourth-order valence-electron chi connectivity index (χ4n) is 2.25. The summed E-state index contributed by atoms with van der Waals surface area (Å²) >= 11 is 0. The molecular formula is C14H18FN3O2. The molecule has 108 valence electrons. The molecule has 0 spiro atoms. The van der Waals surface area contributed by atoms with Crippen molar-refractivity contribution in [2.24, 2.45) is 11.1 Å². The van der Waals surface area contributed by atoms with E-state index in [4.69, 9.17) is 5.73 Å². The summed E-state index contributed by atoms with van der Waals surface area (Å²) in [7, 11) is 0. The van der Waals surface area contributed by atoms with Crippen LogP contribution in [0.15, 0.2) is 18.2 Å². The zero-order valence-corrected chi connectivity index (χ0v) is 11.3. The first-order chi connectivity index (χ1) is 9.42. The summed E-state index contributed by atoms with van der Waals surface area (Å²) in [5.74, 6) is -1.48. The molecule has 0 aromatic heterocycles. The standard InChI is InChI=1S/C14H18FN3O2/c1-14(4-6-17-7-5-14)13(20)18-11-8-9(12(16)19)2-3-10(11)15/h2-3,8,17H,4-7H2,1H3,(H2,16,19)(H,18,20). The number of halogens is 1. The lowest BCUT2D eigenvalue weighted by atomic mass is 9.80. The van der Waals surface area contributed by atoms with Gasteiger partial charge in [-0.1, -0.05) is 6.92 Å².